The number of allylic oxidation sites excluding steroid dienone is 4. The van der Waals surface area contributed by atoms with E-state index < -0.39 is 15.2 Å². The van der Waals surface area contributed by atoms with Crippen molar-refractivity contribution in [2.45, 2.75) is 12.6 Å². The molecule has 0 saturated carbocycles. The van der Waals surface area contributed by atoms with Crippen molar-refractivity contribution in [2.24, 2.45) is 0 Å². The largest absolute Gasteiger partial charge is 0.260 e. The summed E-state index contributed by atoms with van der Waals surface area (Å²) in [6.45, 7) is 0. The molecule has 0 radical (unpaired) electrons. The molecule has 0 bridgehead atoms. The van der Waals surface area contributed by atoms with E-state index in [-0.39, 0.29) is 11.3 Å². The number of rotatable bonds is 1. The second kappa shape index (κ2) is 3.47. The maximum Gasteiger partial charge on any atom is 0.260 e. The third-order valence-electron chi connectivity index (χ3n) is 1.39. The molecule has 0 fully saturated rings. The number of halogens is 3. The van der Waals surface area contributed by atoms with Gasteiger partial charge in [0.15, 0.2) is 0 Å². The van der Waals surface area contributed by atoms with Gasteiger partial charge in [-0.15, -0.1) is 0 Å². The van der Waals surface area contributed by atoms with E-state index >= 15 is 0 Å². The summed E-state index contributed by atoms with van der Waals surface area (Å²) in [5.41, 5.74) is 0. The zero-order valence-corrected chi connectivity index (χ0v) is 8.96. The molecule has 0 spiro atoms. The van der Waals surface area contributed by atoms with Crippen molar-refractivity contribution in [3.63, 3.8) is 0 Å². The first kappa shape index (κ1) is 10.2. The Labute approximate surface area is 82.6 Å². The Balaban J connectivity index is 3.11. The molecule has 0 N–H and O–H groups in total. The summed E-state index contributed by atoms with van der Waals surface area (Å²) < 4.78 is 35.0. The van der Waals surface area contributed by atoms with Crippen molar-refractivity contribution < 1.29 is 12.8 Å². The minimum atomic E-state index is -3.92. The van der Waals surface area contributed by atoms with Gasteiger partial charge in [0.25, 0.3) is 9.05 Å². The lowest BCUT2D eigenvalue weighted by Gasteiger charge is -2.11. The molecule has 1 unspecified atom stereocenters. The molecule has 0 aliphatic heterocycles. The average Bonchev–Trinajstić information content (AvgIpc) is 1.92. The maximum absolute atomic E-state index is 12.9. The lowest BCUT2D eigenvalue weighted by Crippen LogP contribution is -2.12. The Morgan fingerprint density at radius 1 is 1.67 bits per heavy atom. The molecule has 0 amide bonds. The third kappa shape index (κ3) is 2.31. The van der Waals surface area contributed by atoms with Gasteiger partial charge >= 0.3 is 0 Å². The summed E-state index contributed by atoms with van der Waals surface area (Å²) in [7, 11) is 1.07. The Hall–Kier alpha value is 0.130. The SMILES string of the molecule is O=S(=O)(Cl)C1=CC(Br)=CCC1F. The number of alkyl halides is 1. The summed E-state index contributed by atoms with van der Waals surface area (Å²) in [6.07, 6.45) is 1.25. The summed E-state index contributed by atoms with van der Waals surface area (Å²) in [4.78, 5) is -0.376. The highest BCUT2D eigenvalue weighted by atomic mass is 79.9. The predicted octanol–water partition coefficient (Wildman–Crippen LogP) is 2.46. The van der Waals surface area contributed by atoms with Crippen LogP contribution in [-0.4, -0.2) is 14.6 Å². The molecule has 1 aliphatic carbocycles. The molecule has 0 saturated heterocycles. The minimum absolute atomic E-state index is 0.0400. The standard InChI is InChI=1S/C6H5BrClFO2S/c7-4-1-2-5(9)6(3-4)12(8,10)11/h1,3,5H,2H2. The van der Waals surface area contributed by atoms with Crippen LogP contribution < -0.4 is 0 Å². The lowest BCUT2D eigenvalue weighted by molar-refractivity contribution is 0.393. The fourth-order valence-corrected chi connectivity index (χ4v) is 2.52. The first-order valence-corrected chi connectivity index (χ1v) is 6.17. The molecular weight excluding hydrogens is 270 g/mol. The van der Waals surface area contributed by atoms with Gasteiger partial charge in [0.2, 0.25) is 0 Å². The third-order valence-corrected chi connectivity index (χ3v) is 3.41. The van der Waals surface area contributed by atoms with Crippen LogP contribution in [0.15, 0.2) is 21.5 Å². The van der Waals surface area contributed by atoms with Gasteiger partial charge in [-0.2, -0.15) is 0 Å². The predicted molar refractivity (Wildman–Crippen MR) is 49.4 cm³/mol. The van der Waals surface area contributed by atoms with Gasteiger partial charge in [-0.05, 0) is 6.08 Å². The zero-order chi connectivity index (χ0) is 9.35. The highest BCUT2D eigenvalue weighted by Crippen LogP contribution is 2.29. The van der Waals surface area contributed by atoms with Gasteiger partial charge in [-0.25, -0.2) is 12.8 Å². The van der Waals surface area contributed by atoms with Gasteiger partial charge in [0.1, 0.15) is 6.17 Å². The van der Waals surface area contributed by atoms with E-state index in [1.807, 2.05) is 0 Å². The molecule has 1 aliphatic rings. The molecule has 1 atom stereocenters. The maximum atomic E-state index is 12.9. The summed E-state index contributed by atoms with van der Waals surface area (Å²) in [5.74, 6) is 0. The van der Waals surface area contributed by atoms with Crippen LogP contribution in [0.1, 0.15) is 6.42 Å². The molecule has 0 aromatic heterocycles. The van der Waals surface area contributed by atoms with Crippen LogP contribution in [0.3, 0.4) is 0 Å². The molecule has 12 heavy (non-hydrogen) atoms. The molecule has 2 nitrogen and oxygen atoms in total. The highest BCUT2D eigenvalue weighted by Gasteiger charge is 2.26. The number of hydrogen-bond acceptors (Lipinski definition) is 2. The fraction of sp³-hybridized carbons (Fsp3) is 0.333. The Morgan fingerprint density at radius 2 is 2.25 bits per heavy atom. The Morgan fingerprint density at radius 3 is 2.67 bits per heavy atom. The van der Waals surface area contributed by atoms with Crippen molar-refractivity contribution in [3.05, 3.63) is 21.5 Å². The minimum Gasteiger partial charge on any atom is -0.241 e. The van der Waals surface area contributed by atoms with E-state index in [1.165, 1.54) is 6.08 Å². The van der Waals surface area contributed by atoms with Gasteiger partial charge < -0.3 is 0 Å². The second-order valence-electron chi connectivity index (χ2n) is 2.28. The number of hydrogen-bond donors (Lipinski definition) is 0. The smallest absolute Gasteiger partial charge is 0.241 e. The molecule has 1 rings (SSSR count). The fourth-order valence-electron chi connectivity index (χ4n) is 0.841. The molecule has 0 heterocycles. The Bertz CT molecular complexity index is 347. The lowest BCUT2D eigenvalue weighted by atomic mass is 10.2. The van der Waals surface area contributed by atoms with Crippen LogP contribution in [0.5, 0.6) is 0 Å². The normalized spacial score (nSPS) is 24.8. The van der Waals surface area contributed by atoms with Gasteiger partial charge in [0, 0.05) is 21.6 Å². The molecule has 68 valence electrons. The van der Waals surface area contributed by atoms with Crippen molar-refractivity contribution in [1.29, 1.82) is 0 Å². The van der Waals surface area contributed by atoms with Crippen molar-refractivity contribution in [2.75, 3.05) is 0 Å². The average molecular weight is 276 g/mol. The van der Waals surface area contributed by atoms with E-state index in [1.54, 1.807) is 6.08 Å². The van der Waals surface area contributed by atoms with E-state index in [9.17, 15) is 12.8 Å². The zero-order valence-electron chi connectivity index (χ0n) is 5.80. The second-order valence-corrected chi connectivity index (χ2v) is 5.76. The summed E-state index contributed by atoms with van der Waals surface area (Å²) in [5, 5.41) is 0. The van der Waals surface area contributed by atoms with Crippen molar-refractivity contribution in [3.8, 4) is 0 Å². The van der Waals surface area contributed by atoms with Crippen LogP contribution in [0.25, 0.3) is 0 Å². The van der Waals surface area contributed by atoms with Crippen LogP contribution >= 0.6 is 26.6 Å². The van der Waals surface area contributed by atoms with Gasteiger partial charge in [0.05, 0.1) is 4.91 Å². The van der Waals surface area contributed by atoms with E-state index in [0.29, 0.717) is 4.48 Å². The highest BCUT2D eigenvalue weighted by molar-refractivity contribution is 9.11. The topological polar surface area (TPSA) is 34.1 Å². The van der Waals surface area contributed by atoms with Crippen LogP contribution in [-0.2, 0) is 9.05 Å². The van der Waals surface area contributed by atoms with Crippen molar-refractivity contribution >= 4 is 35.7 Å². The van der Waals surface area contributed by atoms with Gasteiger partial charge in [-0.1, -0.05) is 22.0 Å². The molecular formula is C6H5BrClFO2S. The summed E-state index contributed by atoms with van der Waals surface area (Å²) in [6, 6.07) is 0. The van der Waals surface area contributed by atoms with Crippen molar-refractivity contribution in [1.82, 2.24) is 0 Å². The van der Waals surface area contributed by atoms with Crippen LogP contribution in [0, 0.1) is 0 Å². The first-order valence-electron chi connectivity index (χ1n) is 3.07. The first-order chi connectivity index (χ1) is 5.41. The summed E-state index contributed by atoms with van der Waals surface area (Å²) >= 11 is 3.04. The van der Waals surface area contributed by atoms with Crippen LogP contribution in [0.2, 0.25) is 0 Å². The quantitative estimate of drug-likeness (QED) is 0.689. The van der Waals surface area contributed by atoms with Gasteiger partial charge in [-0.3, -0.25) is 0 Å². The molecule has 6 heteroatoms. The van der Waals surface area contributed by atoms with E-state index in [0.717, 1.165) is 0 Å². The molecule has 0 aromatic rings. The molecule has 0 aromatic carbocycles. The van der Waals surface area contributed by atoms with E-state index in [2.05, 4.69) is 15.9 Å². The Kier molecular flexibility index (Phi) is 2.96. The monoisotopic (exact) mass is 274 g/mol. The van der Waals surface area contributed by atoms with E-state index in [4.69, 9.17) is 10.7 Å². The van der Waals surface area contributed by atoms with Crippen LogP contribution in [0.4, 0.5) is 4.39 Å².